The first-order valence-corrected chi connectivity index (χ1v) is 6.24. The third-order valence-corrected chi connectivity index (χ3v) is 4.37. The Morgan fingerprint density at radius 3 is 2.50 bits per heavy atom. The van der Waals surface area contributed by atoms with Gasteiger partial charge in [0.25, 0.3) is 0 Å². The van der Waals surface area contributed by atoms with E-state index in [-0.39, 0.29) is 11.5 Å². The fourth-order valence-electron chi connectivity index (χ4n) is 1.79. The summed E-state index contributed by atoms with van der Waals surface area (Å²) < 4.78 is 22.6. The number of nitrogens with two attached hydrogens (primary N) is 1. The third kappa shape index (κ3) is 1.65. The van der Waals surface area contributed by atoms with Crippen LogP contribution in [0.3, 0.4) is 0 Å². The van der Waals surface area contributed by atoms with Gasteiger partial charge in [0.1, 0.15) is 0 Å². The minimum atomic E-state index is -2.95. The highest BCUT2D eigenvalue weighted by Gasteiger charge is 2.40. The molecule has 2 heterocycles. The highest BCUT2D eigenvalue weighted by atomic mass is 32.2. The lowest BCUT2D eigenvalue weighted by atomic mass is 9.92. The zero-order valence-electron chi connectivity index (χ0n) is 7.68. The van der Waals surface area contributed by atoms with Gasteiger partial charge in [-0.2, -0.15) is 0 Å². The van der Waals surface area contributed by atoms with Gasteiger partial charge in [-0.3, -0.25) is 4.98 Å². The number of aromatic nitrogens is 1. The van der Waals surface area contributed by atoms with Crippen molar-refractivity contribution in [3.05, 3.63) is 30.1 Å². The molecule has 1 atom stereocenters. The van der Waals surface area contributed by atoms with Gasteiger partial charge in [-0.1, -0.05) is 0 Å². The molecule has 0 bridgehead atoms. The lowest BCUT2D eigenvalue weighted by Crippen LogP contribution is -2.37. The highest BCUT2D eigenvalue weighted by molar-refractivity contribution is 7.91. The van der Waals surface area contributed by atoms with Crippen molar-refractivity contribution in [1.82, 2.24) is 4.98 Å². The number of pyridine rings is 1. The van der Waals surface area contributed by atoms with Gasteiger partial charge in [-0.15, -0.1) is 0 Å². The second kappa shape index (κ2) is 3.03. The summed E-state index contributed by atoms with van der Waals surface area (Å²) in [6.07, 6.45) is 3.77. The molecule has 1 aromatic rings. The molecule has 1 saturated heterocycles. The molecule has 0 aromatic carbocycles. The Kier molecular flexibility index (Phi) is 2.08. The molecule has 0 radical (unpaired) electrons. The van der Waals surface area contributed by atoms with Crippen molar-refractivity contribution >= 4 is 9.84 Å². The molecule has 0 spiro atoms. The van der Waals surface area contributed by atoms with Crippen LogP contribution in [-0.4, -0.2) is 24.9 Å². The average Bonchev–Trinajstić information content (AvgIpc) is 2.44. The van der Waals surface area contributed by atoms with Crippen LogP contribution in [0.1, 0.15) is 12.0 Å². The largest absolute Gasteiger partial charge is 0.321 e. The van der Waals surface area contributed by atoms with Gasteiger partial charge < -0.3 is 5.73 Å². The van der Waals surface area contributed by atoms with Crippen LogP contribution in [0.4, 0.5) is 0 Å². The van der Waals surface area contributed by atoms with E-state index in [9.17, 15) is 8.42 Å². The summed E-state index contributed by atoms with van der Waals surface area (Å²) in [6, 6.07) is 3.56. The van der Waals surface area contributed by atoms with Gasteiger partial charge in [0.15, 0.2) is 9.84 Å². The van der Waals surface area contributed by atoms with E-state index >= 15 is 0 Å². The Balaban J connectivity index is 2.37. The van der Waals surface area contributed by atoms with Crippen molar-refractivity contribution in [2.24, 2.45) is 5.73 Å². The molecule has 1 fully saturated rings. The second-order valence-corrected chi connectivity index (χ2v) is 5.92. The fourth-order valence-corrected chi connectivity index (χ4v) is 3.70. The fraction of sp³-hybridized carbons (Fsp3) is 0.444. The van der Waals surface area contributed by atoms with Crippen LogP contribution in [-0.2, 0) is 15.4 Å². The van der Waals surface area contributed by atoms with Crippen LogP contribution < -0.4 is 5.73 Å². The maximum Gasteiger partial charge on any atom is 0.152 e. The Bertz CT molecular complexity index is 429. The molecular formula is C9H12N2O2S. The SMILES string of the molecule is NC1(c2ccncc2)CCS(=O)(=O)C1. The van der Waals surface area contributed by atoms with Gasteiger partial charge >= 0.3 is 0 Å². The maximum absolute atomic E-state index is 11.3. The predicted molar refractivity (Wildman–Crippen MR) is 53.4 cm³/mol. The van der Waals surface area contributed by atoms with Gasteiger partial charge in [0.2, 0.25) is 0 Å². The number of nitrogens with zero attached hydrogens (tertiary/aromatic N) is 1. The molecule has 0 aliphatic carbocycles. The van der Waals surface area contributed by atoms with E-state index in [1.54, 1.807) is 24.5 Å². The summed E-state index contributed by atoms with van der Waals surface area (Å²) in [5.41, 5.74) is 6.20. The van der Waals surface area contributed by atoms with Gasteiger partial charge in [0, 0.05) is 12.4 Å². The van der Waals surface area contributed by atoms with E-state index in [4.69, 9.17) is 5.73 Å². The summed E-state index contributed by atoms with van der Waals surface area (Å²) in [4.78, 5) is 3.88. The van der Waals surface area contributed by atoms with E-state index in [0.717, 1.165) is 5.56 Å². The van der Waals surface area contributed by atoms with E-state index in [2.05, 4.69) is 4.98 Å². The van der Waals surface area contributed by atoms with Crippen LogP contribution in [0.5, 0.6) is 0 Å². The molecule has 1 unspecified atom stereocenters. The van der Waals surface area contributed by atoms with Crippen molar-refractivity contribution in [2.45, 2.75) is 12.0 Å². The molecule has 1 aromatic heterocycles. The Morgan fingerprint density at radius 1 is 1.36 bits per heavy atom. The smallest absolute Gasteiger partial charge is 0.152 e. The number of hydrogen-bond acceptors (Lipinski definition) is 4. The minimum absolute atomic E-state index is 0.0456. The molecule has 4 nitrogen and oxygen atoms in total. The number of rotatable bonds is 1. The van der Waals surface area contributed by atoms with E-state index < -0.39 is 15.4 Å². The highest BCUT2D eigenvalue weighted by Crippen LogP contribution is 2.30. The first-order valence-electron chi connectivity index (χ1n) is 4.42. The van der Waals surface area contributed by atoms with Crippen LogP contribution in [0, 0.1) is 0 Å². The molecule has 0 saturated carbocycles. The zero-order chi connectivity index (χ0) is 10.2. The van der Waals surface area contributed by atoms with E-state index in [1.165, 1.54) is 0 Å². The molecule has 14 heavy (non-hydrogen) atoms. The summed E-state index contributed by atoms with van der Waals surface area (Å²) in [6.45, 7) is 0. The molecule has 5 heteroatoms. The number of hydrogen-bond donors (Lipinski definition) is 1. The van der Waals surface area contributed by atoms with Crippen molar-refractivity contribution in [2.75, 3.05) is 11.5 Å². The molecule has 1 aliphatic heterocycles. The number of sulfone groups is 1. The predicted octanol–water partition coefficient (Wildman–Crippen LogP) is 0.0541. The normalized spacial score (nSPS) is 30.4. The zero-order valence-corrected chi connectivity index (χ0v) is 8.50. The standard InChI is InChI=1S/C9H12N2O2S/c10-9(3-6-14(12,13)7-9)8-1-4-11-5-2-8/h1-2,4-5H,3,6-7,10H2. The van der Waals surface area contributed by atoms with Crippen LogP contribution in [0.15, 0.2) is 24.5 Å². The molecule has 76 valence electrons. The summed E-state index contributed by atoms with van der Waals surface area (Å²) in [5.74, 6) is 0.232. The lowest BCUT2D eigenvalue weighted by Gasteiger charge is -2.21. The van der Waals surface area contributed by atoms with Crippen LogP contribution >= 0.6 is 0 Å². The first-order chi connectivity index (χ1) is 6.52. The first kappa shape index (κ1) is 9.61. The summed E-state index contributed by atoms with van der Waals surface area (Å²) in [7, 11) is -2.95. The summed E-state index contributed by atoms with van der Waals surface area (Å²) >= 11 is 0. The van der Waals surface area contributed by atoms with Crippen LogP contribution in [0.2, 0.25) is 0 Å². The average molecular weight is 212 g/mol. The van der Waals surface area contributed by atoms with Crippen molar-refractivity contribution in [3.63, 3.8) is 0 Å². The monoisotopic (exact) mass is 212 g/mol. The lowest BCUT2D eigenvalue weighted by molar-refractivity contribution is 0.505. The minimum Gasteiger partial charge on any atom is -0.321 e. The second-order valence-electron chi connectivity index (χ2n) is 3.73. The Hall–Kier alpha value is -0.940. The van der Waals surface area contributed by atoms with Gasteiger partial charge in [0.05, 0.1) is 17.0 Å². The Labute approximate surface area is 83.1 Å². The molecular weight excluding hydrogens is 200 g/mol. The molecule has 2 N–H and O–H groups in total. The van der Waals surface area contributed by atoms with Crippen molar-refractivity contribution in [1.29, 1.82) is 0 Å². The quantitative estimate of drug-likeness (QED) is 0.714. The topological polar surface area (TPSA) is 73.0 Å². The molecule has 2 rings (SSSR count). The van der Waals surface area contributed by atoms with E-state index in [0.29, 0.717) is 6.42 Å². The van der Waals surface area contributed by atoms with Crippen LogP contribution in [0.25, 0.3) is 0 Å². The molecule has 1 aliphatic rings. The maximum atomic E-state index is 11.3. The van der Waals surface area contributed by atoms with Gasteiger partial charge in [-0.25, -0.2) is 8.42 Å². The van der Waals surface area contributed by atoms with Crippen molar-refractivity contribution in [3.8, 4) is 0 Å². The molecule has 0 amide bonds. The van der Waals surface area contributed by atoms with Gasteiger partial charge in [-0.05, 0) is 24.1 Å². The third-order valence-electron chi connectivity index (χ3n) is 2.59. The summed E-state index contributed by atoms with van der Waals surface area (Å²) in [5, 5.41) is 0. The Morgan fingerprint density at radius 2 is 2.00 bits per heavy atom. The van der Waals surface area contributed by atoms with Crippen molar-refractivity contribution < 1.29 is 8.42 Å². The van der Waals surface area contributed by atoms with E-state index in [1.807, 2.05) is 0 Å².